The van der Waals surface area contributed by atoms with Crippen LogP contribution in [0.15, 0.2) is 105 Å². The zero-order chi connectivity index (χ0) is 19.3. The van der Waals surface area contributed by atoms with E-state index in [1.807, 2.05) is 36.4 Å². The third-order valence-electron chi connectivity index (χ3n) is 4.22. The molecule has 0 N–H and O–H groups in total. The van der Waals surface area contributed by atoms with Gasteiger partial charge in [0.25, 0.3) is 0 Å². The first-order chi connectivity index (χ1) is 13.8. The number of nitrogens with zero attached hydrogens (tertiary/aromatic N) is 2. The topological polar surface area (TPSA) is 47.6 Å². The highest BCUT2D eigenvalue weighted by Gasteiger charge is 2.12. The van der Waals surface area contributed by atoms with Crippen LogP contribution in [0.3, 0.4) is 0 Å². The predicted molar refractivity (Wildman–Crippen MR) is 115 cm³/mol. The molecule has 0 amide bonds. The number of hydrogen-bond acceptors (Lipinski definition) is 4. The molecule has 0 saturated heterocycles. The average molecular weight is 395 g/mol. The minimum atomic E-state index is 0.411. The van der Waals surface area contributed by atoms with Crippen LogP contribution in [0, 0.1) is 22.7 Å². The van der Waals surface area contributed by atoms with E-state index in [2.05, 4.69) is 48.5 Å². The van der Waals surface area contributed by atoms with Crippen LogP contribution in [0.25, 0.3) is 10.8 Å². The van der Waals surface area contributed by atoms with Crippen LogP contribution in [-0.4, -0.2) is 0 Å². The second kappa shape index (κ2) is 8.23. The van der Waals surface area contributed by atoms with Crippen LogP contribution in [0.4, 0.5) is 0 Å². The van der Waals surface area contributed by atoms with E-state index in [1.54, 1.807) is 35.7 Å². The molecule has 4 rings (SSSR count). The molecule has 4 heteroatoms. The molecule has 0 aliphatic carbocycles. The lowest BCUT2D eigenvalue weighted by Gasteiger charge is -2.12. The van der Waals surface area contributed by atoms with Crippen molar-refractivity contribution in [3.63, 3.8) is 0 Å². The Kier molecular flexibility index (Phi) is 5.35. The summed E-state index contributed by atoms with van der Waals surface area (Å²) in [5, 5.41) is 20.6. The van der Waals surface area contributed by atoms with E-state index in [1.165, 1.54) is 0 Å². The fourth-order valence-electron chi connectivity index (χ4n) is 2.88. The summed E-state index contributed by atoms with van der Waals surface area (Å²) < 4.78 is 0. The SMILES string of the molecule is N#Cc1cc2cc(Sc3ccccc3)c(Sc3ccccc3)cc2cc1C#N. The van der Waals surface area contributed by atoms with Crippen molar-refractivity contribution in [3.8, 4) is 12.1 Å². The molecular formula is C24H14N2S2. The van der Waals surface area contributed by atoms with Gasteiger partial charge in [-0.3, -0.25) is 0 Å². The van der Waals surface area contributed by atoms with E-state index in [-0.39, 0.29) is 0 Å². The molecule has 0 aliphatic rings. The predicted octanol–water partition coefficient (Wildman–Crippen LogP) is 6.89. The second-order valence-electron chi connectivity index (χ2n) is 6.10. The fraction of sp³-hybridized carbons (Fsp3) is 0. The number of fused-ring (bicyclic) bond motifs is 1. The third-order valence-corrected chi connectivity index (χ3v) is 6.48. The molecule has 4 aromatic carbocycles. The molecule has 0 bridgehead atoms. The Bertz CT molecular complexity index is 1120. The van der Waals surface area contributed by atoms with Crippen LogP contribution in [-0.2, 0) is 0 Å². The van der Waals surface area contributed by atoms with Crippen molar-refractivity contribution in [2.45, 2.75) is 19.6 Å². The molecule has 0 heterocycles. The maximum absolute atomic E-state index is 9.35. The van der Waals surface area contributed by atoms with Crippen molar-refractivity contribution in [1.29, 1.82) is 10.5 Å². The molecule has 0 aliphatic heterocycles. The van der Waals surface area contributed by atoms with Crippen LogP contribution >= 0.6 is 23.5 Å². The fourth-order valence-corrected chi connectivity index (χ4v) is 4.92. The van der Waals surface area contributed by atoms with E-state index in [4.69, 9.17) is 0 Å². The maximum Gasteiger partial charge on any atom is 0.101 e. The molecule has 0 atom stereocenters. The summed E-state index contributed by atoms with van der Waals surface area (Å²) >= 11 is 3.41. The van der Waals surface area contributed by atoms with Crippen molar-refractivity contribution in [3.05, 3.63) is 96.1 Å². The molecule has 132 valence electrons. The molecule has 0 unspecified atom stereocenters. The summed E-state index contributed by atoms with van der Waals surface area (Å²) in [5.74, 6) is 0. The van der Waals surface area contributed by atoms with Crippen LogP contribution in [0.1, 0.15) is 11.1 Å². The Labute approximate surface area is 172 Å². The highest BCUT2D eigenvalue weighted by Crippen LogP contribution is 2.41. The van der Waals surface area contributed by atoms with Crippen molar-refractivity contribution >= 4 is 34.3 Å². The van der Waals surface area contributed by atoms with Gasteiger partial charge in [-0.25, -0.2) is 0 Å². The van der Waals surface area contributed by atoms with E-state index < -0.39 is 0 Å². The Morgan fingerprint density at radius 3 is 1.29 bits per heavy atom. The van der Waals surface area contributed by atoms with Gasteiger partial charge in [-0.15, -0.1) is 0 Å². The standard InChI is InChI=1S/C24H14N2S2/c25-15-19-11-17-13-23(27-21-7-3-1-4-8-21)24(14-18(17)12-20(19)16-26)28-22-9-5-2-6-10-22/h1-14H. The number of rotatable bonds is 4. The summed E-state index contributed by atoms with van der Waals surface area (Å²) in [5.41, 5.74) is 0.822. The summed E-state index contributed by atoms with van der Waals surface area (Å²) in [4.78, 5) is 4.57. The van der Waals surface area contributed by atoms with Crippen molar-refractivity contribution < 1.29 is 0 Å². The maximum atomic E-state index is 9.35. The third kappa shape index (κ3) is 3.89. The second-order valence-corrected chi connectivity index (χ2v) is 8.33. The smallest absolute Gasteiger partial charge is 0.101 e. The van der Waals surface area contributed by atoms with E-state index in [0.29, 0.717) is 11.1 Å². The summed E-state index contributed by atoms with van der Waals surface area (Å²) in [7, 11) is 0. The van der Waals surface area contributed by atoms with Gasteiger partial charge in [-0.2, -0.15) is 10.5 Å². The lowest BCUT2D eigenvalue weighted by molar-refractivity contribution is 1.26. The summed E-state index contributed by atoms with van der Waals surface area (Å²) in [6, 6.07) is 32.6. The highest BCUT2D eigenvalue weighted by molar-refractivity contribution is 8.02. The first kappa shape index (κ1) is 18.2. The molecule has 2 nitrogen and oxygen atoms in total. The molecule has 0 saturated carbocycles. The minimum Gasteiger partial charge on any atom is -0.192 e. The van der Waals surface area contributed by atoms with Gasteiger partial charge in [0.05, 0.1) is 11.1 Å². The van der Waals surface area contributed by atoms with E-state index in [9.17, 15) is 10.5 Å². The first-order valence-corrected chi connectivity index (χ1v) is 10.3. The number of hydrogen-bond donors (Lipinski definition) is 0. The minimum absolute atomic E-state index is 0.411. The molecule has 0 fully saturated rings. The number of nitriles is 2. The van der Waals surface area contributed by atoms with Gasteiger partial charge >= 0.3 is 0 Å². The Morgan fingerprint density at radius 1 is 0.536 bits per heavy atom. The van der Waals surface area contributed by atoms with Gasteiger partial charge in [0.2, 0.25) is 0 Å². The molecule has 4 aromatic rings. The largest absolute Gasteiger partial charge is 0.192 e. The Balaban J connectivity index is 1.86. The molecule has 0 spiro atoms. The Morgan fingerprint density at radius 2 is 0.929 bits per heavy atom. The molecular weight excluding hydrogens is 380 g/mol. The first-order valence-electron chi connectivity index (χ1n) is 8.64. The quantitative estimate of drug-likeness (QED) is 0.378. The van der Waals surface area contributed by atoms with E-state index in [0.717, 1.165) is 30.4 Å². The molecule has 28 heavy (non-hydrogen) atoms. The van der Waals surface area contributed by atoms with Crippen molar-refractivity contribution in [1.82, 2.24) is 0 Å². The highest BCUT2D eigenvalue weighted by atomic mass is 32.2. The van der Waals surface area contributed by atoms with Gasteiger partial charge < -0.3 is 0 Å². The van der Waals surface area contributed by atoms with Crippen LogP contribution in [0.2, 0.25) is 0 Å². The van der Waals surface area contributed by atoms with Crippen molar-refractivity contribution in [2.24, 2.45) is 0 Å². The van der Waals surface area contributed by atoms with Crippen LogP contribution in [0.5, 0.6) is 0 Å². The van der Waals surface area contributed by atoms with Crippen molar-refractivity contribution in [2.75, 3.05) is 0 Å². The number of benzene rings is 4. The lowest BCUT2D eigenvalue weighted by atomic mass is 10.0. The Hall–Kier alpha value is -3.18. The summed E-state index contributed by atoms with van der Waals surface area (Å²) in [6.45, 7) is 0. The normalized spacial score (nSPS) is 10.4. The zero-order valence-electron chi connectivity index (χ0n) is 14.8. The van der Waals surface area contributed by atoms with Gasteiger partial charge in [-0.1, -0.05) is 59.9 Å². The van der Waals surface area contributed by atoms with Gasteiger partial charge in [0.1, 0.15) is 12.1 Å². The van der Waals surface area contributed by atoms with Gasteiger partial charge in [0, 0.05) is 19.6 Å². The molecule has 0 radical (unpaired) electrons. The monoisotopic (exact) mass is 394 g/mol. The average Bonchev–Trinajstić information content (AvgIpc) is 2.74. The zero-order valence-corrected chi connectivity index (χ0v) is 16.4. The van der Waals surface area contributed by atoms with E-state index >= 15 is 0 Å². The summed E-state index contributed by atoms with van der Waals surface area (Å²) in [6.07, 6.45) is 0. The van der Waals surface area contributed by atoms with Gasteiger partial charge in [0.15, 0.2) is 0 Å². The lowest BCUT2D eigenvalue weighted by Crippen LogP contribution is -1.88. The van der Waals surface area contributed by atoms with Gasteiger partial charge in [-0.05, 0) is 59.3 Å². The molecule has 0 aromatic heterocycles. The van der Waals surface area contributed by atoms with Crippen LogP contribution < -0.4 is 0 Å².